The SMILES string of the molecule is Cc1n[nH]c(=S)n1N=Cc1ccc(COc2ccc(Cl)cc2)o1. The van der Waals surface area contributed by atoms with Crippen LogP contribution in [-0.4, -0.2) is 21.1 Å². The van der Waals surface area contributed by atoms with Crippen molar-refractivity contribution in [3.63, 3.8) is 0 Å². The monoisotopic (exact) mass is 348 g/mol. The van der Waals surface area contributed by atoms with E-state index >= 15 is 0 Å². The molecule has 118 valence electrons. The maximum absolute atomic E-state index is 5.83. The van der Waals surface area contributed by atoms with Gasteiger partial charge in [0, 0.05) is 5.02 Å². The Morgan fingerprint density at radius 1 is 1.35 bits per heavy atom. The van der Waals surface area contributed by atoms with Crippen LogP contribution in [0.25, 0.3) is 0 Å². The topological polar surface area (TPSA) is 68.3 Å². The Hall–Kier alpha value is -2.38. The van der Waals surface area contributed by atoms with Gasteiger partial charge in [-0.25, -0.2) is 0 Å². The summed E-state index contributed by atoms with van der Waals surface area (Å²) in [6.45, 7) is 2.12. The highest BCUT2D eigenvalue weighted by atomic mass is 35.5. The van der Waals surface area contributed by atoms with E-state index in [1.54, 1.807) is 37.4 Å². The number of nitrogens with one attached hydrogen (secondary N) is 1. The number of ether oxygens (including phenoxy) is 1. The van der Waals surface area contributed by atoms with Crippen molar-refractivity contribution in [2.45, 2.75) is 13.5 Å². The molecule has 2 aromatic heterocycles. The third kappa shape index (κ3) is 3.88. The molecule has 0 aliphatic rings. The molecule has 2 heterocycles. The molecule has 3 rings (SSSR count). The number of rotatable bonds is 5. The van der Waals surface area contributed by atoms with E-state index in [9.17, 15) is 0 Å². The van der Waals surface area contributed by atoms with Crippen LogP contribution in [0.1, 0.15) is 17.3 Å². The highest BCUT2D eigenvalue weighted by Crippen LogP contribution is 2.17. The highest BCUT2D eigenvalue weighted by molar-refractivity contribution is 7.71. The molecular formula is C15H13ClN4O2S. The lowest BCUT2D eigenvalue weighted by atomic mass is 10.3. The van der Waals surface area contributed by atoms with E-state index in [0.717, 1.165) is 5.75 Å². The molecule has 1 aromatic carbocycles. The first-order valence-electron chi connectivity index (χ1n) is 6.77. The van der Waals surface area contributed by atoms with Gasteiger partial charge in [0.2, 0.25) is 4.77 Å². The molecule has 0 amide bonds. The zero-order chi connectivity index (χ0) is 16.2. The molecule has 3 aromatic rings. The van der Waals surface area contributed by atoms with Crippen LogP contribution in [-0.2, 0) is 6.61 Å². The molecule has 0 bridgehead atoms. The van der Waals surface area contributed by atoms with E-state index in [1.165, 1.54) is 4.68 Å². The fourth-order valence-corrected chi connectivity index (χ4v) is 2.20. The van der Waals surface area contributed by atoms with Crippen LogP contribution in [0.3, 0.4) is 0 Å². The van der Waals surface area contributed by atoms with Gasteiger partial charge in [-0.2, -0.15) is 14.9 Å². The number of halogens is 1. The number of H-pyrrole nitrogens is 1. The molecule has 0 aliphatic carbocycles. The van der Waals surface area contributed by atoms with Gasteiger partial charge in [-0.1, -0.05) is 11.6 Å². The summed E-state index contributed by atoms with van der Waals surface area (Å²) in [5.41, 5.74) is 0. The molecule has 0 saturated carbocycles. The summed E-state index contributed by atoms with van der Waals surface area (Å²) in [6.07, 6.45) is 1.57. The molecule has 0 unspecified atom stereocenters. The number of nitrogens with zero attached hydrogens (tertiary/aromatic N) is 3. The second-order valence-corrected chi connectivity index (χ2v) is 5.50. The second-order valence-electron chi connectivity index (χ2n) is 4.68. The van der Waals surface area contributed by atoms with Gasteiger partial charge in [-0.15, -0.1) is 0 Å². The van der Waals surface area contributed by atoms with Crippen molar-refractivity contribution in [3.8, 4) is 5.75 Å². The van der Waals surface area contributed by atoms with Crippen LogP contribution in [0.5, 0.6) is 5.75 Å². The van der Waals surface area contributed by atoms with Crippen LogP contribution in [0.15, 0.2) is 45.9 Å². The van der Waals surface area contributed by atoms with Crippen molar-refractivity contribution in [3.05, 3.63) is 63.5 Å². The average Bonchev–Trinajstić information content (AvgIpc) is 3.12. The van der Waals surface area contributed by atoms with Gasteiger partial charge < -0.3 is 9.15 Å². The van der Waals surface area contributed by atoms with E-state index in [4.69, 9.17) is 33.0 Å². The third-order valence-corrected chi connectivity index (χ3v) is 3.51. The molecule has 1 N–H and O–H groups in total. The van der Waals surface area contributed by atoms with E-state index in [-0.39, 0.29) is 0 Å². The van der Waals surface area contributed by atoms with Crippen molar-refractivity contribution < 1.29 is 9.15 Å². The predicted molar refractivity (Wildman–Crippen MR) is 89.6 cm³/mol. The minimum Gasteiger partial charge on any atom is -0.486 e. The minimum absolute atomic E-state index is 0.319. The second kappa shape index (κ2) is 6.80. The fraction of sp³-hybridized carbons (Fsp3) is 0.133. The summed E-state index contributed by atoms with van der Waals surface area (Å²) in [5, 5.41) is 11.5. The van der Waals surface area contributed by atoms with Crippen molar-refractivity contribution in [2.24, 2.45) is 5.10 Å². The van der Waals surface area contributed by atoms with E-state index in [1.807, 2.05) is 12.1 Å². The zero-order valence-corrected chi connectivity index (χ0v) is 13.8. The first-order valence-corrected chi connectivity index (χ1v) is 7.56. The Balaban J connectivity index is 1.64. The fourth-order valence-electron chi connectivity index (χ4n) is 1.85. The summed E-state index contributed by atoms with van der Waals surface area (Å²) in [6, 6.07) is 10.8. The van der Waals surface area contributed by atoms with Gasteiger partial charge in [0.1, 0.15) is 29.7 Å². The van der Waals surface area contributed by atoms with Crippen LogP contribution < -0.4 is 4.74 Å². The van der Waals surface area contributed by atoms with Gasteiger partial charge in [0.05, 0.1) is 6.21 Å². The first-order chi connectivity index (χ1) is 11.1. The van der Waals surface area contributed by atoms with Crippen LogP contribution in [0.4, 0.5) is 0 Å². The number of hydrogen-bond acceptors (Lipinski definition) is 5. The molecule has 0 aliphatic heterocycles. The van der Waals surface area contributed by atoms with Gasteiger partial charge >= 0.3 is 0 Å². The molecule has 0 saturated heterocycles. The van der Waals surface area contributed by atoms with Gasteiger partial charge in [-0.3, -0.25) is 5.10 Å². The molecule has 0 fully saturated rings. The molecule has 0 spiro atoms. The number of aryl methyl sites for hydroxylation is 1. The van der Waals surface area contributed by atoms with Crippen molar-refractivity contribution in [1.82, 2.24) is 14.9 Å². The lowest BCUT2D eigenvalue weighted by Crippen LogP contribution is -1.94. The number of aromatic amines is 1. The standard InChI is InChI=1S/C15H13ClN4O2S/c1-10-18-19-15(23)20(10)17-8-13-6-7-14(22-13)9-21-12-4-2-11(16)3-5-12/h2-8H,9H2,1H3,(H,19,23). The number of furan rings is 1. The van der Waals surface area contributed by atoms with Crippen LogP contribution in [0, 0.1) is 11.7 Å². The van der Waals surface area contributed by atoms with Crippen molar-refractivity contribution in [2.75, 3.05) is 0 Å². The molecule has 0 atom stereocenters. The van der Waals surface area contributed by atoms with E-state index < -0.39 is 0 Å². The Labute approximate surface area is 142 Å². The van der Waals surface area contributed by atoms with Crippen LogP contribution >= 0.6 is 23.8 Å². The first kappa shape index (κ1) is 15.5. The highest BCUT2D eigenvalue weighted by Gasteiger charge is 2.03. The molecule has 23 heavy (non-hydrogen) atoms. The summed E-state index contributed by atoms with van der Waals surface area (Å²) in [4.78, 5) is 0. The normalized spacial score (nSPS) is 11.2. The maximum Gasteiger partial charge on any atom is 0.216 e. The predicted octanol–water partition coefficient (Wildman–Crippen LogP) is 3.96. The van der Waals surface area contributed by atoms with Gasteiger partial charge in [-0.05, 0) is 55.5 Å². The summed E-state index contributed by atoms with van der Waals surface area (Å²) >= 11 is 10.9. The summed E-state index contributed by atoms with van der Waals surface area (Å²) < 4.78 is 13.2. The van der Waals surface area contributed by atoms with Crippen molar-refractivity contribution in [1.29, 1.82) is 0 Å². The molecule has 6 nitrogen and oxygen atoms in total. The van der Waals surface area contributed by atoms with Gasteiger partial charge in [0.25, 0.3) is 0 Å². The quantitative estimate of drug-likeness (QED) is 0.559. The number of benzene rings is 1. The molecule has 0 radical (unpaired) electrons. The van der Waals surface area contributed by atoms with Crippen molar-refractivity contribution >= 4 is 30.0 Å². The third-order valence-electron chi connectivity index (χ3n) is 2.99. The molecule has 8 heteroatoms. The molecular weight excluding hydrogens is 336 g/mol. The van der Waals surface area contributed by atoms with E-state index in [2.05, 4.69) is 15.3 Å². The average molecular weight is 349 g/mol. The van der Waals surface area contributed by atoms with Crippen LogP contribution in [0.2, 0.25) is 5.02 Å². The Kier molecular flexibility index (Phi) is 4.59. The maximum atomic E-state index is 5.83. The Bertz CT molecular complexity index is 880. The Morgan fingerprint density at radius 2 is 2.13 bits per heavy atom. The van der Waals surface area contributed by atoms with E-state index in [0.29, 0.717) is 33.7 Å². The lowest BCUT2D eigenvalue weighted by molar-refractivity contribution is 0.270. The number of hydrogen-bond donors (Lipinski definition) is 1. The summed E-state index contributed by atoms with van der Waals surface area (Å²) in [7, 11) is 0. The summed E-state index contributed by atoms with van der Waals surface area (Å²) in [5.74, 6) is 2.68. The Morgan fingerprint density at radius 3 is 2.83 bits per heavy atom. The largest absolute Gasteiger partial charge is 0.486 e. The zero-order valence-electron chi connectivity index (χ0n) is 12.2. The lowest BCUT2D eigenvalue weighted by Gasteiger charge is -2.03. The number of aromatic nitrogens is 3. The minimum atomic E-state index is 0.319. The van der Waals surface area contributed by atoms with Gasteiger partial charge in [0.15, 0.2) is 0 Å². The smallest absolute Gasteiger partial charge is 0.216 e.